The third-order valence-corrected chi connectivity index (χ3v) is 6.26. The number of piperidine rings is 1. The number of hydrogen-bond acceptors (Lipinski definition) is 4. The first-order valence-corrected chi connectivity index (χ1v) is 10.1. The zero-order chi connectivity index (χ0) is 20.1. The average molecular weight is 391 g/mol. The van der Waals surface area contributed by atoms with Gasteiger partial charge < -0.3 is 19.4 Å². The number of amides is 1. The fourth-order valence-corrected chi connectivity index (χ4v) is 5.06. The van der Waals surface area contributed by atoms with Gasteiger partial charge in [0, 0.05) is 48.9 Å². The molecule has 0 saturated carbocycles. The summed E-state index contributed by atoms with van der Waals surface area (Å²) < 4.78 is 1.98. The highest BCUT2D eigenvalue weighted by Gasteiger charge is 2.42. The fraction of sp³-hybridized carbons (Fsp3) is 0.409. The van der Waals surface area contributed by atoms with Crippen molar-refractivity contribution in [3.63, 3.8) is 0 Å². The maximum Gasteiger partial charge on any atom is 0.270 e. The van der Waals surface area contributed by atoms with Gasteiger partial charge in [0.1, 0.15) is 11.3 Å². The molecule has 150 valence electrons. The predicted molar refractivity (Wildman–Crippen MR) is 111 cm³/mol. The highest BCUT2D eigenvalue weighted by atomic mass is 16.2. The van der Waals surface area contributed by atoms with Gasteiger partial charge in [-0.25, -0.2) is 4.98 Å². The van der Waals surface area contributed by atoms with Gasteiger partial charge in [-0.2, -0.15) is 0 Å². The Morgan fingerprint density at radius 3 is 2.90 bits per heavy atom. The lowest BCUT2D eigenvalue weighted by Crippen LogP contribution is -2.52. The Bertz CT molecular complexity index is 1100. The minimum atomic E-state index is 0.00744. The quantitative estimate of drug-likeness (QED) is 0.742. The van der Waals surface area contributed by atoms with Crippen LogP contribution in [-0.2, 0) is 0 Å². The number of fused-ring (bicyclic) bond motifs is 5. The van der Waals surface area contributed by atoms with Crippen LogP contribution in [0, 0.1) is 5.92 Å². The van der Waals surface area contributed by atoms with Crippen molar-refractivity contribution in [2.24, 2.45) is 5.92 Å². The smallest absolute Gasteiger partial charge is 0.270 e. The first-order valence-electron chi connectivity index (χ1n) is 10.1. The molecule has 1 amide bonds. The number of carbonyl (C=O) groups is 1. The molecule has 5 rings (SSSR count). The summed E-state index contributed by atoms with van der Waals surface area (Å²) in [5.74, 6) is 0.454. The fourth-order valence-electron chi connectivity index (χ4n) is 5.06. The number of nitrogens with zero attached hydrogens (tertiary/aromatic N) is 4. The second-order valence-electron chi connectivity index (χ2n) is 8.52. The van der Waals surface area contributed by atoms with E-state index in [4.69, 9.17) is 0 Å². The molecule has 2 aliphatic heterocycles. The van der Waals surface area contributed by atoms with Crippen LogP contribution in [0.2, 0.25) is 0 Å². The molecule has 3 aromatic heterocycles. The number of rotatable bonds is 3. The van der Waals surface area contributed by atoms with Crippen LogP contribution >= 0.6 is 0 Å². The normalized spacial score (nSPS) is 23.4. The summed E-state index contributed by atoms with van der Waals surface area (Å²) in [5.41, 5.74) is 2.42. The molecular formula is C22H25N5O2. The summed E-state index contributed by atoms with van der Waals surface area (Å²) in [4.78, 5) is 37.5. The molecule has 1 N–H and O–H groups in total. The molecule has 0 aliphatic carbocycles. The van der Waals surface area contributed by atoms with E-state index in [0.29, 0.717) is 18.8 Å². The van der Waals surface area contributed by atoms with Crippen molar-refractivity contribution in [3.05, 3.63) is 64.3 Å². The standard InChI is InChI=1S/C22H25N5O2/c1-25(2)13-19-16-9-15(18-6-3-7-20(28)27(18)19)11-26(12-16)22(29)17-10-14-5-4-8-23-21(14)24-17/h3-8,10,15-16,19H,9,11-13H2,1-2H3,(H,23,24)/t15-,16+,19+/m1/s1. The third kappa shape index (κ3) is 3.06. The Hall–Kier alpha value is -2.93. The number of likely N-dealkylation sites (tertiary alicyclic amines) is 1. The van der Waals surface area contributed by atoms with Crippen molar-refractivity contribution >= 4 is 16.9 Å². The average Bonchev–Trinajstić information content (AvgIpc) is 3.14. The Labute approximate surface area is 169 Å². The van der Waals surface area contributed by atoms with E-state index in [2.05, 4.69) is 14.9 Å². The minimum Gasteiger partial charge on any atom is -0.336 e. The minimum absolute atomic E-state index is 0.00744. The second-order valence-corrected chi connectivity index (χ2v) is 8.52. The lowest BCUT2D eigenvalue weighted by atomic mass is 9.78. The van der Waals surface area contributed by atoms with Gasteiger partial charge in [0.05, 0.1) is 6.04 Å². The summed E-state index contributed by atoms with van der Waals surface area (Å²) in [6.45, 7) is 2.08. The maximum atomic E-state index is 13.3. The van der Waals surface area contributed by atoms with Gasteiger partial charge in [-0.1, -0.05) is 6.07 Å². The largest absolute Gasteiger partial charge is 0.336 e. The summed E-state index contributed by atoms with van der Waals surface area (Å²) >= 11 is 0. The number of H-pyrrole nitrogens is 1. The van der Waals surface area contributed by atoms with E-state index in [0.717, 1.165) is 29.7 Å². The lowest BCUT2D eigenvalue weighted by Gasteiger charge is -2.47. The number of hydrogen-bond donors (Lipinski definition) is 1. The number of nitrogens with one attached hydrogen (secondary N) is 1. The lowest BCUT2D eigenvalue weighted by molar-refractivity contribution is 0.0494. The summed E-state index contributed by atoms with van der Waals surface area (Å²) in [6, 6.07) is 11.3. The van der Waals surface area contributed by atoms with Gasteiger partial charge in [0.15, 0.2) is 0 Å². The van der Waals surface area contributed by atoms with Crippen LogP contribution < -0.4 is 5.56 Å². The molecule has 3 aromatic rings. The molecule has 7 heteroatoms. The zero-order valence-corrected chi connectivity index (χ0v) is 16.7. The molecular weight excluding hydrogens is 366 g/mol. The van der Waals surface area contributed by atoms with Crippen molar-refractivity contribution in [2.75, 3.05) is 33.7 Å². The van der Waals surface area contributed by atoms with Gasteiger partial charge in [-0.05, 0) is 50.7 Å². The molecule has 3 atom stereocenters. The number of carbonyl (C=O) groups excluding carboxylic acids is 1. The molecule has 1 fully saturated rings. The van der Waals surface area contributed by atoms with E-state index in [-0.39, 0.29) is 29.3 Å². The summed E-state index contributed by atoms with van der Waals surface area (Å²) in [5, 5.41) is 0.940. The zero-order valence-electron chi connectivity index (χ0n) is 16.7. The van der Waals surface area contributed by atoms with Crippen LogP contribution in [0.25, 0.3) is 11.0 Å². The van der Waals surface area contributed by atoms with E-state index in [1.165, 1.54) is 0 Å². The monoisotopic (exact) mass is 391 g/mol. The van der Waals surface area contributed by atoms with Gasteiger partial charge >= 0.3 is 0 Å². The number of aromatic amines is 1. The Kier molecular flexibility index (Phi) is 4.28. The van der Waals surface area contributed by atoms with E-state index in [1.807, 2.05) is 53.9 Å². The van der Waals surface area contributed by atoms with Crippen LogP contribution in [0.3, 0.4) is 0 Å². The second kappa shape index (κ2) is 6.84. The van der Waals surface area contributed by atoms with Crippen molar-refractivity contribution in [2.45, 2.75) is 18.4 Å². The third-order valence-electron chi connectivity index (χ3n) is 6.26. The molecule has 0 radical (unpaired) electrons. The predicted octanol–water partition coefficient (Wildman–Crippen LogP) is 2.09. The van der Waals surface area contributed by atoms with Crippen molar-refractivity contribution in [3.8, 4) is 0 Å². The van der Waals surface area contributed by atoms with Crippen LogP contribution in [0.4, 0.5) is 0 Å². The molecule has 5 heterocycles. The van der Waals surface area contributed by atoms with Crippen LogP contribution in [0.1, 0.15) is 34.6 Å². The van der Waals surface area contributed by atoms with E-state index >= 15 is 0 Å². The molecule has 29 heavy (non-hydrogen) atoms. The Balaban J connectivity index is 1.50. The molecule has 1 saturated heterocycles. The van der Waals surface area contributed by atoms with E-state index in [9.17, 15) is 9.59 Å². The molecule has 0 unspecified atom stereocenters. The molecule has 0 spiro atoms. The number of likely N-dealkylation sites (N-methyl/N-ethyl adjacent to an activating group) is 1. The highest BCUT2D eigenvalue weighted by molar-refractivity contribution is 5.97. The molecule has 2 bridgehead atoms. The van der Waals surface area contributed by atoms with Gasteiger partial charge in [-0.15, -0.1) is 0 Å². The first-order chi connectivity index (χ1) is 14.0. The maximum absolute atomic E-state index is 13.3. The number of aromatic nitrogens is 3. The van der Waals surface area contributed by atoms with Crippen LogP contribution in [-0.4, -0.2) is 64.0 Å². The SMILES string of the molecule is CN(C)C[C@H]1[C@H]2C[C@H](CN(C(=O)c3cc4cccnc4[nH]3)C2)c2cccc(=O)n21. The Morgan fingerprint density at radius 2 is 2.10 bits per heavy atom. The first kappa shape index (κ1) is 18.1. The van der Waals surface area contributed by atoms with Gasteiger partial charge in [0.2, 0.25) is 0 Å². The van der Waals surface area contributed by atoms with E-state index < -0.39 is 0 Å². The summed E-state index contributed by atoms with van der Waals surface area (Å²) in [6.07, 6.45) is 2.74. The van der Waals surface area contributed by atoms with Gasteiger partial charge in [0.25, 0.3) is 11.5 Å². The van der Waals surface area contributed by atoms with Crippen LogP contribution in [0.15, 0.2) is 47.4 Å². The van der Waals surface area contributed by atoms with Crippen molar-refractivity contribution in [1.82, 2.24) is 24.3 Å². The summed E-state index contributed by atoms with van der Waals surface area (Å²) in [7, 11) is 4.06. The van der Waals surface area contributed by atoms with Gasteiger partial charge in [-0.3, -0.25) is 9.59 Å². The molecule has 7 nitrogen and oxygen atoms in total. The number of pyridine rings is 2. The molecule has 0 aromatic carbocycles. The molecule has 2 aliphatic rings. The van der Waals surface area contributed by atoms with Crippen LogP contribution in [0.5, 0.6) is 0 Å². The Morgan fingerprint density at radius 1 is 1.24 bits per heavy atom. The van der Waals surface area contributed by atoms with E-state index in [1.54, 1.807) is 12.3 Å². The highest BCUT2D eigenvalue weighted by Crippen LogP contribution is 2.41. The topological polar surface area (TPSA) is 74.2 Å². The van der Waals surface area contributed by atoms with Crippen molar-refractivity contribution in [1.29, 1.82) is 0 Å². The van der Waals surface area contributed by atoms with Crippen molar-refractivity contribution < 1.29 is 4.79 Å².